The highest BCUT2D eigenvalue weighted by molar-refractivity contribution is 6.03. The minimum absolute atomic E-state index is 0.0671. The number of nitrogens with one attached hydrogen (secondary N) is 2. The number of aromatic nitrogens is 4. The number of nitro benzene ring substituents is 2. The van der Waals surface area contributed by atoms with Gasteiger partial charge in [-0.2, -0.15) is 0 Å². The van der Waals surface area contributed by atoms with E-state index in [9.17, 15) is 29.8 Å². The molecule has 0 bridgehead atoms. The molecular weight excluding hydrogens is 452 g/mol. The number of non-ortho nitro benzene ring substituents is 2. The van der Waals surface area contributed by atoms with E-state index in [1.165, 1.54) is 60.9 Å². The van der Waals surface area contributed by atoms with Crippen molar-refractivity contribution in [2.75, 3.05) is 0 Å². The van der Waals surface area contributed by atoms with Gasteiger partial charge in [0, 0.05) is 49.1 Å². The van der Waals surface area contributed by atoms with Crippen LogP contribution in [-0.4, -0.2) is 41.7 Å². The molecule has 0 amide bonds. The zero-order valence-corrected chi connectivity index (χ0v) is 17.0. The molecule has 2 aromatic carbocycles. The molecule has 4 aromatic rings. The van der Waals surface area contributed by atoms with Gasteiger partial charge >= 0.3 is 6.16 Å². The van der Waals surface area contributed by atoms with Crippen LogP contribution in [0.15, 0.2) is 73.3 Å². The Labute approximate surface area is 189 Å². The second-order valence-corrected chi connectivity index (χ2v) is 6.16. The summed E-state index contributed by atoms with van der Waals surface area (Å²) in [5.41, 5.74) is -0.285. The molecule has 0 saturated carbocycles. The second-order valence-electron chi connectivity index (χ2n) is 6.16. The Morgan fingerprint density at radius 1 is 0.706 bits per heavy atom. The summed E-state index contributed by atoms with van der Waals surface area (Å²) in [6, 6.07) is 9.68. The van der Waals surface area contributed by atoms with Crippen LogP contribution in [0.25, 0.3) is 0 Å². The van der Waals surface area contributed by atoms with Crippen molar-refractivity contribution in [3.05, 3.63) is 105 Å². The fourth-order valence-electron chi connectivity index (χ4n) is 2.38. The standard InChI is InChI=1S/C13H8N2O7.C7H6N4O/c16-13(21-11-5-1-9(2-6-11)14(17)18)22-12-7-3-10(4-8-12)15(19)20;12-5(6-8-1-2-9-6)7-10-3-4-11-7/h1-8H;1-4H,(H,8,9)(H,10,11). The summed E-state index contributed by atoms with van der Waals surface area (Å²) in [5.74, 6) is 0.495. The molecule has 4 rings (SSSR count). The normalized spacial score (nSPS) is 9.88. The fourth-order valence-corrected chi connectivity index (χ4v) is 2.38. The number of hydrogen-bond acceptors (Lipinski definition) is 10. The van der Waals surface area contributed by atoms with E-state index in [0.717, 1.165) is 0 Å². The van der Waals surface area contributed by atoms with Gasteiger partial charge in [0.05, 0.1) is 9.85 Å². The third-order valence-corrected chi connectivity index (χ3v) is 3.92. The zero-order valence-electron chi connectivity index (χ0n) is 17.0. The maximum atomic E-state index is 11.5. The van der Waals surface area contributed by atoms with E-state index in [1.807, 2.05) is 0 Å². The predicted molar refractivity (Wildman–Crippen MR) is 113 cm³/mol. The van der Waals surface area contributed by atoms with E-state index in [-0.39, 0.29) is 28.7 Å². The lowest BCUT2D eigenvalue weighted by Crippen LogP contribution is -2.13. The summed E-state index contributed by atoms with van der Waals surface area (Å²) in [4.78, 5) is 55.7. The first-order valence-electron chi connectivity index (χ1n) is 9.25. The van der Waals surface area contributed by atoms with E-state index in [0.29, 0.717) is 11.6 Å². The van der Waals surface area contributed by atoms with Crippen LogP contribution < -0.4 is 9.47 Å². The van der Waals surface area contributed by atoms with Crippen LogP contribution in [-0.2, 0) is 0 Å². The minimum Gasteiger partial charge on any atom is -0.395 e. The van der Waals surface area contributed by atoms with Crippen LogP contribution in [0.3, 0.4) is 0 Å². The smallest absolute Gasteiger partial charge is 0.395 e. The Kier molecular flexibility index (Phi) is 7.36. The number of hydrogen-bond donors (Lipinski definition) is 2. The first kappa shape index (κ1) is 23.3. The van der Waals surface area contributed by atoms with Crippen LogP contribution in [0.5, 0.6) is 11.5 Å². The summed E-state index contributed by atoms with van der Waals surface area (Å²) < 4.78 is 9.63. The van der Waals surface area contributed by atoms with Crippen molar-refractivity contribution < 1.29 is 28.9 Å². The number of rotatable bonds is 6. The Morgan fingerprint density at radius 3 is 1.38 bits per heavy atom. The molecule has 0 radical (unpaired) electrons. The van der Waals surface area contributed by atoms with Gasteiger partial charge in [-0.05, 0) is 24.3 Å². The summed E-state index contributed by atoms with van der Waals surface area (Å²) in [5, 5.41) is 21.0. The van der Waals surface area contributed by atoms with E-state index in [4.69, 9.17) is 9.47 Å². The fraction of sp³-hybridized carbons (Fsp3) is 0. The van der Waals surface area contributed by atoms with Crippen molar-refractivity contribution in [3.8, 4) is 11.5 Å². The van der Waals surface area contributed by atoms with Crippen LogP contribution in [0, 0.1) is 20.2 Å². The molecule has 0 atom stereocenters. The summed E-state index contributed by atoms with van der Waals surface area (Å²) in [6.07, 6.45) is 5.17. The molecule has 14 nitrogen and oxygen atoms in total. The molecule has 0 spiro atoms. The lowest BCUT2D eigenvalue weighted by molar-refractivity contribution is -0.385. The highest BCUT2D eigenvalue weighted by atomic mass is 16.7. The van der Waals surface area contributed by atoms with E-state index in [2.05, 4.69) is 19.9 Å². The van der Waals surface area contributed by atoms with Crippen molar-refractivity contribution in [2.45, 2.75) is 0 Å². The Bertz CT molecular complexity index is 1170. The van der Waals surface area contributed by atoms with Gasteiger partial charge in [-0.1, -0.05) is 0 Å². The number of benzene rings is 2. The van der Waals surface area contributed by atoms with Crippen molar-refractivity contribution in [2.24, 2.45) is 0 Å². The Morgan fingerprint density at radius 2 is 1.09 bits per heavy atom. The molecule has 0 saturated heterocycles. The van der Waals surface area contributed by atoms with E-state index < -0.39 is 16.0 Å². The highest BCUT2D eigenvalue weighted by Gasteiger charge is 2.13. The molecule has 0 unspecified atom stereocenters. The monoisotopic (exact) mass is 466 g/mol. The minimum atomic E-state index is -1.07. The third kappa shape index (κ3) is 6.30. The second kappa shape index (κ2) is 10.8. The van der Waals surface area contributed by atoms with Gasteiger partial charge < -0.3 is 19.4 Å². The molecule has 2 heterocycles. The average Bonchev–Trinajstić information content (AvgIpc) is 3.54. The average molecular weight is 466 g/mol. The molecule has 172 valence electrons. The maximum Gasteiger partial charge on any atom is 0.519 e. The molecule has 2 aromatic heterocycles. The van der Waals surface area contributed by atoms with Gasteiger partial charge in [-0.25, -0.2) is 14.8 Å². The summed E-state index contributed by atoms with van der Waals surface area (Å²) >= 11 is 0. The SMILES string of the molecule is O=C(Oc1ccc([N+](=O)[O-])cc1)Oc1ccc([N+](=O)[O-])cc1.O=C(c1ncc[nH]1)c1ncc[nH]1. The number of H-pyrrole nitrogens is 2. The topological polar surface area (TPSA) is 196 Å². The highest BCUT2D eigenvalue weighted by Crippen LogP contribution is 2.20. The summed E-state index contributed by atoms with van der Waals surface area (Å²) in [7, 11) is 0. The summed E-state index contributed by atoms with van der Waals surface area (Å²) in [6.45, 7) is 0. The quantitative estimate of drug-likeness (QED) is 0.139. The molecule has 0 fully saturated rings. The number of nitro groups is 2. The van der Waals surface area contributed by atoms with Crippen molar-refractivity contribution in [3.63, 3.8) is 0 Å². The van der Waals surface area contributed by atoms with Gasteiger partial charge in [0.2, 0.25) is 0 Å². The largest absolute Gasteiger partial charge is 0.519 e. The van der Waals surface area contributed by atoms with Crippen molar-refractivity contribution in [1.29, 1.82) is 0 Å². The number of ketones is 1. The van der Waals surface area contributed by atoms with Crippen LogP contribution in [0.1, 0.15) is 16.4 Å². The number of ether oxygens (including phenoxy) is 2. The van der Waals surface area contributed by atoms with Gasteiger partial charge in [-0.15, -0.1) is 0 Å². The van der Waals surface area contributed by atoms with Gasteiger partial charge in [-0.3, -0.25) is 25.0 Å². The number of imidazole rings is 2. The van der Waals surface area contributed by atoms with Crippen molar-refractivity contribution >= 4 is 23.3 Å². The molecule has 34 heavy (non-hydrogen) atoms. The van der Waals surface area contributed by atoms with E-state index in [1.54, 1.807) is 12.4 Å². The van der Waals surface area contributed by atoms with Gasteiger partial charge in [0.15, 0.2) is 11.6 Å². The first-order chi connectivity index (χ1) is 16.3. The van der Waals surface area contributed by atoms with Crippen LogP contribution >= 0.6 is 0 Å². The molecule has 0 aliphatic heterocycles. The predicted octanol–water partition coefficient (Wildman–Crippen LogP) is 3.44. The lowest BCUT2D eigenvalue weighted by atomic mass is 10.3. The van der Waals surface area contributed by atoms with Gasteiger partial charge in [0.25, 0.3) is 17.2 Å². The lowest BCUT2D eigenvalue weighted by Gasteiger charge is -2.05. The van der Waals surface area contributed by atoms with Crippen LogP contribution in [0.4, 0.5) is 16.2 Å². The zero-order chi connectivity index (χ0) is 24.5. The molecule has 0 aliphatic rings. The number of nitrogens with zero attached hydrogens (tertiary/aromatic N) is 4. The molecule has 0 aliphatic carbocycles. The Hall–Kier alpha value is -5.40. The molecule has 14 heteroatoms. The first-order valence-corrected chi connectivity index (χ1v) is 9.25. The number of carbonyl (C=O) groups is 2. The van der Waals surface area contributed by atoms with Gasteiger partial charge in [0.1, 0.15) is 11.5 Å². The van der Waals surface area contributed by atoms with Crippen LogP contribution in [0.2, 0.25) is 0 Å². The maximum absolute atomic E-state index is 11.5. The van der Waals surface area contributed by atoms with E-state index >= 15 is 0 Å². The number of aromatic amines is 2. The number of carbonyl (C=O) groups excluding carboxylic acids is 2. The van der Waals surface area contributed by atoms with Crippen molar-refractivity contribution in [1.82, 2.24) is 19.9 Å². The third-order valence-electron chi connectivity index (χ3n) is 3.92. The molecule has 2 N–H and O–H groups in total. The Balaban J connectivity index is 0.000000226. The molecular formula is C20H14N6O8.